The monoisotopic (exact) mass is 1290 g/mol. The Morgan fingerprint density at radius 2 is 1.36 bits per heavy atom. The molecule has 6 aromatic rings. The first-order valence-corrected chi connectivity index (χ1v) is 33.2. The lowest BCUT2D eigenvalue weighted by molar-refractivity contribution is -0.132. The van der Waals surface area contributed by atoms with Gasteiger partial charge in [0.15, 0.2) is 11.7 Å². The zero-order valence-electron chi connectivity index (χ0n) is 53.0. The summed E-state index contributed by atoms with van der Waals surface area (Å²) in [6.45, 7) is 15.5. The van der Waals surface area contributed by atoms with E-state index in [4.69, 9.17) is 39.1 Å². The molecule has 1 fully saturated rings. The van der Waals surface area contributed by atoms with Gasteiger partial charge in [0.05, 0.1) is 44.4 Å². The van der Waals surface area contributed by atoms with Gasteiger partial charge in [0.2, 0.25) is 11.3 Å². The summed E-state index contributed by atoms with van der Waals surface area (Å²) < 4.78 is 54.7. The second kappa shape index (κ2) is 34.6. The molecule has 1 atom stereocenters. The summed E-state index contributed by atoms with van der Waals surface area (Å²) in [5.41, 5.74) is 18.3. The number of aryl methyl sites for hydroxylation is 1. The summed E-state index contributed by atoms with van der Waals surface area (Å²) in [4.78, 5) is 51.5. The van der Waals surface area contributed by atoms with Crippen LogP contribution in [0.4, 0.5) is 16.2 Å². The quantitative estimate of drug-likeness (QED) is 0.00907. The fourth-order valence-electron chi connectivity index (χ4n) is 11.2. The standard InChI is InChI=1S/C69H84N11O10P.ClH/c1-5-76(6-2)54-33-35-60-62(47-54)88-63-48-55(77(7-3)8-4)34-36-61(63)66(60)58-26-19-20-27-59(58)67(82)79-40-38-78(39-41-79)65(81)28-18-10-9-11-21-37-80-49-53(74-75-80)50-86-43-42-85-44-45-87-69(83)73-64(46-51-29-31-52(32-30-51)72-68(70)71)91(84,89-56-22-14-12-15-23-56)90-57-24-16-13-17-25-57;/h12-17,19-20,22-27,29-36,47-49,64H,5-11,18,21,28,37-46,50H2,1-4H3,(H4-,70,71,72,73,83);1H. The second-order valence-corrected chi connectivity index (χ2v) is 24.2. The highest BCUT2D eigenvalue weighted by atomic mass is 35.5. The highest BCUT2D eigenvalue weighted by Gasteiger charge is 2.41. The smallest absolute Gasteiger partial charge is 0.453 e. The van der Waals surface area contributed by atoms with Crippen LogP contribution in [0.5, 0.6) is 11.5 Å². The molecular formula is C69H85ClN11O10P. The van der Waals surface area contributed by atoms with Crippen LogP contribution in [0.15, 0.2) is 161 Å². The average molecular weight is 1290 g/mol. The Kier molecular flexibility index (Phi) is 26.0. The number of carbonyl (C=O) groups is 3. The zero-order valence-corrected chi connectivity index (χ0v) is 54.7. The maximum atomic E-state index is 14.8. The number of nitrogens with zero attached hydrogens (tertiary/aromatic N) is 8. The number of amides is 3. The molecule has 23 heteroatoms. The Morgan fingerprint density at radius 3 is 2.04 bits per heavy atom. The first-order valence-electron chi connectivity index (χ1n) is 31.6. The van der Waals surface area contributed by atoms with Crippen LogP contribution < -0.4 is 53.1 Å². The van der Waals surface area contributed by atoms with Gasteiger partial charge in [-0.25, -0.2) is 18.9 Å². The SMILES string of the molecule is CCN(CC)c1ccc2c(-c3ccccc3C(=O)N3CCN(C(=O)CCCCCCCn4cc(COCCOCCOC(=O)NC(Cc5ccc(N=C(N)N)cc5)P(=O)(Oc5ccccc5)Oc5ccccc5)nn4)CC3)c3ccc(=[N+](CC)CC)cc-3oc2c1.[Cl-]. The molecule has 0 spiro atoms. The summed E-state index contributed by atoms with van der Waals surface area (Å²) in [5, 5.41) is 13.3. The molecule has 1 aromatic heterocycles. The van der Waals surface area contributed by atoms with Crippen molar-refractivity contribution < 1.29 is 59.0 Å². The topological polar surface area (TPSA) is 247 Å². The van der Waals surface area contributed by atoms with Crippen LogP contribution in [-0.2, 0) is 43.1 Å². The molecular weight excluding hydrogens is 1210 g/mol. The van der Waals surface area contributed by atoms with Crippen LogP contribution >= 0.6 is 7.60 Å². The number of aromatic nitrogens is 3. The van der Waals surface area contributed by atoms with E-state index in [0.717, 1.165) is 103 Å². The Balaban J connectivity index is 0.0000109. The predicted octanol–water partition coefficient (Wildman–Crippen LogP) is 7.87. The van der Waals surface area contributed by atoms with Crippen molar-refractivity contribution in [2.45, 2.75) is 91.6 Å². The molecule has 488 valence electrons. The maximum absolute atomic E-state index is 14.8. The number of ether oxygens (including phenoxy) is 3. The third-order valence-electron chi connectivity index (χ3n) is 16.0. The molecule has 0 bridgehead atoms. The third kappa shape index (κ3) is 18.9. The molecule has 21 nitrogen and oxygen atoms in total. The number of nitrogens with two attached hydrogens (primary N) is 2. The van der Waals surface area contributed by atoms with Gasteiger partial charge in [0.25, 0.3) is 5.91 Å². The molecule has 1 saturated heterocycles. The van der Waals surface area contributed by atoms with E-state index in [1.807, 2.05) is 44.9 Å². The van der Waals surface area contributed by atoms with Crippen molar-refractivity contribution >= 4 is 53.8 Å². The van der Waals surface area contributed by atoms with Gasteiger partial charge in [0.1, 0.15) is 48.2 Å². The molecule has 1 aliphatic carbocycles. The van der Waals surface area contributed by atoms with E-state index in [2.05, 4.69) is 94.2 Å². The highest BCUT2D eigenvalue weighted by Crippen LogP contribution is 2.53. The van der Waals surface area contributed by atoms with Gasteiger partial charge in [-0.05, 0) is 112 Å². The summed E-state index contributed by atoms with van der Waals surface area (Å²) in [7, 11) is -4.21. The van der Waals surface area contributed by atoms with Gasteiger partial charge in [0, 0.05) is 98.6 Å². The number of nitrogens with one attached hydrogen (secondary N) is 1. The molecule has 3 heterocycles. The largest absolute Gasteiger partial charge is 1.00 e. The number of fused-ring (bicyclic) bond motifs is 2. The number of halogens is 1. The van der Waals surface area contributed by atoms with Gasteiger partial charge < -0.3 is 71.6 Å². The van der Waals surface area contributed by atoms with Crippen LogP contribution in [0, 0.1) is 0 Å². The maximum Gasteiger partial charge on any atom is 0.453 e. The minimum Gasteiger partial charge on any atom is -1.00 e. The van der Waals surface area contributed by atoms with Crippen molar-refractivity contribution in [3.8, 4) is 33.9 Å². The van der Waals surface area contributed by atoms with E-state index in [-0.39, 0.29) is 81.1 Å². The number of alkyl carbamates (subject to hydrolysis) is 1. The number of aliphatic imine (C=N–C) groups is 1. The van der Waals surface area contributed by atoms with E-state index < -0.39 is 19.5 Å². The van der Waals surface area contributed by atoms with Crippen molar-refractivity contribution in [2.75, 3.05) is 83.7 Å². The molecule has 9 rings (SSSR count). The number of rotatable bonds is 32. The number of para-hydroxylation sites is 2. The minimum absolute atomic E-state index is 0. The van der Waals surface area contributed by atoms with Gasteiger partial charge >= 0.3 is 13.7 Å². The zero-order chi connectivity index (χ0) is 64.0. The average Bonchev–Trinajstić information content (AvgIpc) is 0.777. The van der Waals surface area contributed by atoms with Gasteiger partial charge in [-0.2, -0.15) is 0 Å². The van der Waals surface area contributed by atoms with E-state index in [1.54, 1.807) is 84.9 Å². The molecule has 3 aliphatic rings. The molecule has 0 radical (unpaired) electrons. The van der Waals surface area contributed by atoms with Gasteiger partial charge in [-0.1, -0.05) is 91.2 Å². The Labute approximate surface area is 544 Å². The normalized spacial score (nSPS) is 12.7. The summed E-state index contributed by atoms with van der Waals surface area (Å²) >= 11 is 0. The van der Waals surface area contributed by atoms with Crippen LogP contribution in [0.25, 0.3) is 33.4 Å². The number of guanidine groups is 1. The van der Waals surface area contributed by atoms with Gasteiger partial charge in [-0.3, -0.25) is 14.3 Å². The van der Waals surface area contributed by atoms with E-state index >= 15 is 0 Å². The van der Waals surface area contributed by atoms with Crippen molar-refractivity contribution in [3.05, 3.63) is 174 Å². The number of anilines is 1. The summed E-state index contributed by atoms with van der Waals surface area (Å²) in [6.07, 6.45) is 6.21. The fourth-order valence-corrected chi connectivity index (χ4v) is 13.0. The first-order chi connectivity index (χ1) is 44.3. The lowest BCUT2D eigenvalue weighted by Gasteiger charge is -2.35. The number of hydrogen-bond donors (Lipinski definition) is 3. The Morgan fingerprint density at radius 1 is 0.717 bits per heavy atom. The molecule has 2 aliphatic heterocycles. The highest BCUT2D eigenvalue weighted by molar-refractivity contribution is 7.55. The number of piperazine rings is 1. The Hall–Kier alpha value is -8.75. The molecule has 5 N–H and O–H groups in total. The molecule has 92 heavy (non-hydrogen) atoms. The third-order valence-corrected chi connectivity index (χ3v) is 18.0. The fraction of sp³-hybridized carbons (Fsp3) is 0.377. The number of benzene rings is 6. The van der Waals surface area contributed by atoms with Crippen LogP contribution in [-0.4, -0.2) is 133 Å². The van der Waals surface area contributed by atoms with Crippen LogP contribution in [0.3, 0.4) is 0 Å². The summed E-state index contributed by atoms with van der Waals surface area (Å²) in [5.74, 6) is 0.141. The van der Waals surface area contributed by atoms with Crippen LogP contribution in [0.1, 0.15) is 87.8 Å². The first kappa shape index (κ1) is 69.1. The number of hydrogen-bond acceptors (Lipinski definition) is 14. The lowest BCUT2D eigenvalue weighted by atomic mass is 9.90. The van der Waals surface area contributed by atoms with E-state index in [1.165, 1.54) is 0 Å². The second-order valence-electron chi connectivity index (χ2n) is 22.1. The predicted molar refractivity (Wildman–Crippen MR) is 355 cm³/mol. The molecule has 3 amide bonds. The molecule has 1 unspecified atom stereocenters. The number of unbranched alkanes of at least 4 members (excludes halogenated alkanes) is 4. The minimum atomic E-state index is -4.21. The Bertz CT molecular complexity index is 3730. The number of carbonyl (C=O) groups excluding carboxylic acids is 3. The summed E-state index contributed by atoms with van der Waals surface area (Å²) in [6, 6.07) is 44.7. The van der Waals surface area contributed by atoms with Crippen molar-refractivity contribution in [3.63, 3.8) is 0 Å². The molecule has 5 aromatic carbocycles. The van der Waals surface area contributed by atoms with Crippen LogP contribution in [0.2, 0.25) is 0 Å². The lowest BCUT2D eigenvalue weighted by Crippen LogP contribution is -3.00. The van der Waals surface area contributed by atoms with Crippen molar-refractivity contribution in [1.82, 2.24) is 34.7 Å². The van der Waals surface area contributed by atoms with Crippen molar-refractivity contribution in [2.24, 2.45) is 16.5 Å². The van der Waals surface area contributed by atoms with E-state index in [9.17, 15) is 18.9 Å². The van der Waals surface area contributed by atoms with E-state index in [0.29, 0.717) is 61.7 Å². The van der Waals surface area contributed by atoms with Crippen molar-refractivity contribution in [1.29, 1.82) is 0 Å². The van der Waals surface area contributed by atoms with Gasteiger partial charge in [-0.15, -0.1) is 5.10 Å². The molecule has 0 saturated carbocycles.